The maximum atomic E-state index is 12.8. The minimum absolute atomic E-state index is 0.196. The predicted molar refractivity (Wildman–Crippen MR) is 110 cm³/mol. The minimum atomic E-state index is -4.38. The molecule has 1 amide bonds. The zero-order valence-electron chi connectivity index (χ0n) is 17.5. The fourth-order valence-corrected chi connectivity index (χ4v) is 4.58. The summed E-state index contributed by atoms with van der Waals surface area (Å²) in [5.74, 6) is 1.24. The van der Waals surface area contributed by atoms with Gasteiger partial charge in [-0.05, 0) is 49.4 Å². The summed E-state index contributed by atoms with van der Waals surface area (Å²) in [6.07, 6.45) is 2.54. The Morgan fingerprint density at radius 3 is 2.77 bits per heavy atom. The lowest BCUT2D eigenvalue weighted by molar-refractivity contribution is -0.137. The molecular formula is C23H28F3N3O2. The molecular weight excluding hydrogens is 407 g/mol. The van der Waals surface area contributed by atoms with Crippen molar-refractivity contribution in [2.45, 2.75) is 57.0 Å². The van der Waals surface area contributed by atoms with Gasteiger partial charge in [0.25, 0.3) is 0 Å². The molecule has 1 saturated heterocycles. The number of nitrogens with one attached hydrogen (secondary N) is 1. The zero-order chi connectivity index (χ0) is 21.8. The highest BCUT2D eigenvalue weighted by atomic mass is 19.4. The van der Waals surface area contributed by atoms with Gasteiger partial charge in [-0.15, -0.1) is 0 Å². The van der Waals surface area contributed by atoms with Crippen molar-refractivity contribution in [1.82, 2.24) is 15.1 Å². The Morgan fingerprint density at radius 1 is 1.19 bits per heavy atom. The Kier molecular flexibility index (Phi) is 6.53. The Hall–Kier alpha value is -2.51. The number of halogens is 3. The first-order valence-electron chi connectivity index (χ1n) is 11.0. The second-order valence-electron chi connectivity index (χ2n) is 8.62. The van der Waals surface area contributed by atoms with Gasteiger partial charge in [0.1, 0.15) is 5.75 Å². The number of carbonyl (C=O) groups is 1. The maximum absolute atomic E-state index is 12.8. The Bertz CT molecular complexity index is 890. The van der Waals surface area contributed by atoms with E-state index in [1.807, 2.05) is 11.0 Å². The van der Waals surface area contributed by atoms with Crippen LogP contribution in [0, 0.1) is 5.92 Å². The molecule has 4 rings (SSSR count). The van der Waals surface area contributed by atoms with Crippen LogP contribution in [0.15, 0.2) is 30.3 Å². The summed E-state index contributed by atoms with van der Waals surface area (Å²) in [6.45, 7) is 1.73. The topological polar surface area (TPSA) is 58.2 Å². The number of hydrogen-bond acceptors (Lipinski definition) is 3. The van der Waals surface area contributed by atoms with E-state index in [0.717, 1.165) is 36.5 Å². The van der Waals surface area contributed by atoms with E-state index in [0.29, 0.717) is 25.3 Å². The number of hydrogen-bond donors (Lipinski definition) is 1. The van der Waals surface area contributed by atoms with Gasteiger partial charge in [-0.25, -0.2) is 0 Å². The number of benzene rings is 1. The molecule has 1 aliphatic heterocycles. The number of rotatable bonds is 7. The first-order chi connectivity index (χ1) is 14.9. The van der Waals surface area contributed by atoms with Crippen LogP contribution in [0.2, 0.25) is 0 Å². The van der Waals surface area contributed by atoms with Gasteiger partial charge in [0.15, 0.2) is 0 Å². The van der Waals surface area contributed by atoms with E-state index in [9.17, 15) is 18.0 Å². The first kappa shape index (κ1) is 21.7. The average molecular weight is 435 g/mol. The molecule has 8 heteroatoms. The normalized spacial score (nSPS) is 19.8. The Morgan fingerprint density at radius 2 is 2.00 bits per heavy atom. The lowest BCUT2D eigenvalue weighted by atomic mass is 10.0. The zero-order valence-corrected chi connectivity index (χ0v) is 17.5. The lowest BCUT2D eigenvalue weighted by Gasteiger charge is -2.18. The third-order valence-corrected chi connectivity index (χ3v) is 6.35. The van der Waals surface area contributed by atoms with Crippen LogP contribution in [0.5, 0.6) is 5.75 Å². The van der Waals surface area contributed by atoms with Crippen molar-refractivity contribution in [3.05, 3.63) is 47.3 Å². The minimum Gasteiger partial charge on any atom is -0.493 e. The van der Waals surface area contributed by atoms with Crippen LogP contribution in [-0.4, -0.2) is 40.7 Å². The Labute approximate surface area is 180 Å². The molecule has 2 aromatic rings. The summed E-state index contributed by atoms with van der Waals surface area (Å²) in [5.41, 5.74) is 1.09. The summed E-state index contributed by atoms with van der Waals surface area (Å²) < 4.78 is 43.9. The number of carbonyl (C=O) groups excluding carboxylic acids is 1. The third kappa shape index (κ3) is 5.60. The van der Waals surface area contributed by atoms with Crippen molar-refractivity contribution < 1.29 is 22.7 Å². The van der Waals surface area contributed by atoms with Gasteiger partial charge < -0.3 is 9.64 Å². The van der Waals surface area contributed by atoms with Crippen LogP contribution in [0.1, 0.15) is 61.4 Å². The summed E-state index contributed by atoms with van der Waals surface area (Å²) in [7, 11) is 0. The van der Waals surface area contributed by atoms with E-state index >= 15 is 0 Å². The molecule has 1 atom stereocenters. The van der Waals surface area contributed by atoms with Crippen molar-refractivity contribution in [1.29, 1.82) is 0 Å². The fraction of sp³-hybridized carbons (Fsp3) is 0.565. The molecule has 0 bridgehead atoms. The fourth-order valence-electron chi connectivity index (χ4n) is 4.58. The Balaban J connectivity index is 1.25. The van der Waals surface area contributed by atoms with E-state index < -0.39 is 11.7 Å². The van der Waals surface area contributed by atoms with Gasteiger partial charge in [-0.1, -0.05) is 18.9 Å². The van der Waals surface area contributed by atoms with Gasteiger partial charge in [0.2, 0.25) is 5.91 Å². The number of likely N-dealkylation sites (tertiary alicyclic amines) is 1. The molecule has 0 spiro atoms. The van der Waals surface area contributed by atoms with Crippen molar-refractivity contribution in [3.63, 3.8) is 0 Å². The highest BCUT2D eigenvalue weighted by Crippen LogP contribution is 2.32. The molecule has 2 aliphatic rings. The maximum Gasteiger partial charge on any atom is 0.416 e. The lowest BCUT2D eigenvalue weighted by Crippen LogP contribution is -2.29. The summed E-state index contributed by atoms with van der Waals surface area (Å²) in [5, 5.41) is 7.39. The molecule has 1 saturated carbocycles. The summed E-state index contributed by atoms with van der Waals surface area (Å²) in [4.78, 5) is 14.5. The van der Waals surface area contributed by atoms with Crippen molar-refractivity contribution in [2.75, 3.05) is 19.7 Å². The monoisotopic (exact) mass is 435 g/mol. The molecule has 31 heavy (non-hydrogen) atoms. The van der Waals surface area contributed by atoms with Crippen LogP contribution in [0.25, 0.3) is 0 Å². The van der Waals surface area contributed by atoms with Crippen LogP contribution in [-0.2, 0) is 17.4 Å². The molecule has 1 N–H and O–H groups in total. The molecule has 2 heterocycles. The van der Waals surface area contributed by atoms with E-state index in [1.54, 1.807) is 0 Å². The number of H-pyrrole nitrogens is 1. The number of nitrogens with zero attached hydrogens (tertiary/aromatic N) is 2. The first-order valence-corrected chi connectivity index (χ1v) is 11.0. The largest absolute Gasteiger partial charge is 0.493 e. The van der Waals surface area contributed by atoms with Crippen LogP contribution >= 0.6 is 0 Å². The summed E-state index contributed by atoms with van der Waals surface area (Å²) in [6, 6.07) is 6.87. The van der Waals surface area contributed by atoms with E-state index in [1.165, 1.54) is 37.8 Å². The van der Waals surface area contributed by atoms with E-state index in [4.69, 9.17) is 4.74 Å². The van der Waals surface area contributed by atoms with E-state index in [2.05, 4.69) is 10.2 Å². The molecule has 1 aliphatic carbocycles. The number of ether oxygens (including phenoxy) is 1. The van der Waals surface area contributed by atoms with Crippen molar-refractivity contribution in [2.24, 2.45) is 5.92 Å². The van der Waals surface area contributed by atoms with Gasteiger partial charge in [-0.3, -0.25) is 9.89 Å². The summed E-state index contributed by atoms with van der Waals surface area (Å²) >= 11 is 0. The SMILES string of the molecule is O=C(CC1CCCC1)N1CC[C@@H](c2cc(CCOc3cccc(C(F)(F)F)c3)[nH]n2)C1. The average Bonchev–Trinajstić information content (AvgIpc) is 3.49. The van der Waals surface area contributed by atoms with Crippen LogP contribution in [0.4, 0.5) is 13.2 Å². The quantitative estimate of drug-likeness (QED) is 0.670. The molecule has 1 aromatic heterocycles. The second-order valence-corrected chi connectivity index (χ2v) is 8.62. The van der Waals surface area contributed by atoms with Gasteiger partial charge in [0, 0.05) is 37.5 Å². The molecule has 168 valence electrons. The highest BCUT2D eigenvalue weighted by molar-refractivity contribution is 5.76. The standard InChI is InChI=1S/C23H28F3N3O2/c24-23(25,26)18-6-3-7-20(13-18)31-11-9-19-14-21(28-27-19)17-8-10-29(15-17)22(30)12-16-4-1-2-5-16/h3,6-7,13-14,16-17H,1-2,4-5,8-12,15H2,(H,27,28)/t17-/m1/s1. The highest BCUT2D eigenvalue weighted by Gasteiger charge is 2.31. The third-order valence-electron chi connectivity index (χ3n) is 6.35. The molecule has 0 unspecified atom stereocenters. The van der Waals surface area contributed by atoms with Gasteiger partial charge >= 0.3 is 6.18 Å². The molecule has 2 fully saturated rings. The molecule has 0 radical (unpaired) electrons. The molecule has 1 aromatic carbocycles. The molecule has 5 nitrogen and oxygen atoms in total. The van der Waals surface area contributed by atoms with Crippen molar-refractivity contribution in [3.8, 4) is 5.75 Å². The van der Waals surface area contributed by atoms with E-state index in [-0.39, 0.29) is 24.2 Å². The number of aromatic amines is 1. The number of amides is 1. The number of aromatic nitrogens is 2. The smallest absolute Gasteiger partial charge is 0.416 e. The second kappa shape index (κ2) is 9.32. The predicted octanol–water partition coefficient (Wildman–Crippen LogP) is 4.95. The van der Waals surface area contributed by atoms with Crippen LogP contribution in [0.3, 0.4) is 0 Å². The van der Waals surface area contributed by atoms with Crippen LogP contribution < -0.4 is 4.74 Å². The number of alkyl halides is 3. The van der Waals surface area contributed by atoms with Gasteiger partial charge in [0.05, 0.1) is 17.9 Å². The van der Waals surface area contributed by atoms with Gasteiger partial charge in [-0.2, -0.15) is 18.3 Å². The van der Waals surface area contributed by atoms with Crippen molar-refractivity contribution >= 4 is 5.91 Å².